The first-order valence-corrected chi connectivity index (χ1v) is 5.98. The van der Waals surface area contributed by atoms with Crippen molar-refractivity contribution in [1.29, 1.82) is 0 Å². The van der Waals surface area contributed by atoms with E-state index in [4.69, 9.17) is 4.74 Å². The molecule has 16 heavy (non-hydrogen) atoms. The minimum absolute atomic E-state index is 0.519. The molecule has 0 amide bonds. The molecule has 0 aliphatic carbocycles. The average molecular weight is 220 g/mol. The minimum Gasteiger partial charge on any atom is -0.497 e. The van der Waals surface area contributed by atoms with Crippen molar-refractivity contribution in [3.8, 4) is 5.75 Å². The van der Waals surface area contributed by atoms with Crippen LogP contribution in [0.4, 0.5) is 5.82 Å². The Kier molecular flexibility index (Phi) is 3.03. The van der Waals surface area contributed by atoms with Crippen molar-refractivity contribution in [2.75, 3.05) is 25.1 Å². The topological polar surface area (TPSA) is 25.4 Å². The first-order valence-electron chi connectivity index (χ1n) is 5.98. The van der Waals surface area contributed by atoms with Gasteiger partial charge < -0.3 is 9.64 Å². The molecule has 3 nitrogen and oxygen atoms in total. The highest BCUT2D eigenvalue weighted by atomic mass is 16.5. The van der Waals surface area contributed by atoms with Crippen LogP contribution in [-0.2, 0) is 0 Å². The molecule has 0 atom stereocenters. The monoisotopic (exact) mass is 220 g/mol. The molecule has 0 radical (unpaired) electrons. The zero-order valence-electron chi connectivity index (χ0n) is 10.4. The van der Waals surface area contributed by atoms with Crippen LogP contribution in [0.5, 0.6) is 5.75 Å². The molecule has 1 saturated heterocycles. The number of hydrogen-bond acceptors (Lipinski definition) is 3. The lowest BCUT2D eigenvalue weighted by molar-refractivity contribution is 0.193. The minimum atomic E-state index is 0.519. The zero-order valence-corrected chi connectivity index (χ0v) is 10.4. The molecule has 0 spiro atoms. The summed E-state index contributed by atoms with van der Waals surface area (Å²) in [5, 5.41) is 0. The molecular formula is C13H20N2O. The lowest BCUT2D eigenvalue weighted by Gasteiger charge is -2.50. The highest BCUT2D eigenvalue weighted by Gasteiger charge is 2.40. The van der Waals surface area contributed by atoms with E-state index in [0.717, 1.165) is 24.7 Å². The molecule has 0 aromatic carbocycles. The van der Waals surface area contributed by atoms with Gasteiger partial charge in [-0.15, -0.1) is 0 Å². The Bertz CT molecular complexity index is 353. The molecule has 88 valence electrons. The first kappa shape index (κ1) is 11.2. The second-order valence-corrected chi connectivity index (χ2v) is 4.62. The third-order valence-corrected chi connectivity index (χ3v) is 3.83. The SMILES string of the molecule is CCC1(CC)CN(c2cc(OC)ccn2)C1. The van der Waals surface area contributed by atoms with Crippen LogP contribution in [0, 0.1) is 5.41 Å². The van der Waals surface area contributed by atoms with E-state index in [2.05, 4.69) is 23.7 Å². The van der Waals surface area contributed by atoms with E-state index in [-0.39, 0.29) is 0 Å². The Hall–Kier alpha value is -1.25. The smallest absolute Gasteiger partial charge is 0.132 e. The molecule has 1 aromatic rings. The summed E-state index contributed by atoms with van der Waals surface area (Å²) >= 11 is 0. The van der Waals surface area contributed by atoms with E-state index in [1.54, 1.807) is 7.11 Å². The summed E-state index contributed by atoms with van der Waals surface area (Å²) in [6.45, 7) is 6.81. The molecule has 0 saturated carbocycles. The molecule has 0 unspecified atom stereocenters. The number of hydrogen-bond donors (Lipinski definition) is 0. The molecule has 1 aliphatic heterocycles. The van der Waals surface area contributed by atoms with Crippen molar-refractivity contribution in [2.24, 2.45) is 5.41 Å². The highest BCUT2D eigenvalue weighted by Crippen LogP contribution is 2.39. The number of rotatable bonds is 4. The van der Waals surface area contributed by atoms with Gasteiger partial charge in [0.25, 0.3) is 0 Å². The standard InChI is InChI=1S/C13H20N2O/c1-4-13(5-2)9-15(10-13)12-8-11(16-3)6-7-14-12/h6-8H,4-5,9-10H2,1-3H3. The fourth-order valence-electron chi connectivity index (χ4n) is 2.32. The summed E-state index contributed by atoms with van der Waals surface area (Å²) in [5.74, 6) is 1.92. The molecule has 1 aliphatic rings. The fraction of sp³-hybridized carbons (Fsp3) is 0.615. The number of methoxy groups -OCH3 is 1. The van der Waals surface area contributed by atoms with Crippen LogP contribution in [0.2, 0.25) is 0 Å². The molecule has 2 heterocycles. The van der Waals surface area contributed by atoms with Crippen molar-refractivity contribution >= 4 is 5.82 Å². The van der Waals surface area contributed by atoms with Crippen LogP contribution >= 0.6 is 0 Å². The van der Waals surface area contributed by atoms with Gasteiger partial charge in [-0.1, -0.05) is 13.8 Å². The van der Waals surface area contributed by atoms with Gasteiger partial charge in [0.05, 0.1) is 7.11 Å². The third-order valence-electron chi connectivity index (χ3n) is 3.83. The van der Waals surface area contributed by atoms with Gasteiger partial charge in [0.2, 0.25) is 0 Å². The summed E-state index contributed by atoms with van der Waals surface area (Å²) in [4.78, 5) is 6.72. The van der Waals surface area contributed by atoms with Gasteiger partial charge in [-0.3, -0.25) is 0 Å². The van der Waals surface area contributed by atoms with Crippen LogP contribution in [0.15, 0.2) is 18.3 Å². The maximum atomic E-state index is 5.21. The van der Waals surface area contributed by atoms with Crippen molar-refractivity contribution in [1.82, 2.24) is 4.98 Å². The van der Waals surface area contributed by atoms with Crippen LogP contribution < -0.4 is 9.64 Å². The third kappa shape index (κ3) is 1.86. The van der Waals surface area contributed by atoms with Gasteiger partial charge in [-0.05, 0) is 18.9 Å². The van der Waals surface area contributed by atoms with Crippen LogP contribution in [0.25, 0.3) is 0 Å². The van der Waals surface area contributed by atoms with E-state index in [1.165, 1.54) is 12.8 Å². The van der Waals surface area contributed by atoms with Gasteiger partial charge in [0.1, 0.15) is 11.6 Å². The van der Waals surface area contributed by atoms with Crippen molar-refractivity contribution in [2.45, 2.75) is 26.7 Å². The Morgan fingerprint density at radius 3 is 2.62 bits per heavy atom. The van der Waals surface area contributed by atoms with Gasteiger partial charge in [-0.25, -0.2) is 4.98 Å². The summed E-state index contributed by atoms with van der Waals surface area (Å²) in [5.41, 5.74) is 0.519. The highest BCUT2D eigenvalue weighted by molar-refractivity contribution is 5.46. The van der Waals surface area contributed by atoms with Crippen LogP contribution in [0.3, 0.4) is 0 Å². The lowest BCUT2D eigenvalue weighted by Crippen LogP contribution is -2.56. The Balaban J connectivity index is 2.05. The predicted octanol–water partition coefficient (Wildman–Crippen LogP) is 2.72. The van der Waals surface area contributed by atoms with E-state index < -0.39 is 0 Å². The first-order chi connectivity index (χ1) is 7.73. The zero-order chi connectivity index (χ0) is 11.6. The normalized spacial score (nSPS) is 18.1. The maximum Gasteiger partial charge on any atom is 0.132 e. The Morgan fingerprint density at radius 2 is 2.06 bits per heavy atom. The number of pyridine rings is 1. The molecule has 2 rings (SSSR count). The Labute approximate surface area is 97.4 Å². The van der Waals surface area contributed by atoms with E-state index >= 15 is 0 Å². The second kappa shape index (κ2) is 4.32. The maximum absolute atomic E-state index is 5.21. The van der Waals surface area contributed by atoms with Crippen molar-refractivity contribution in [3.63, 3.8) is 0 Å². The summed E-state index contributed by atoms with van der Waals surface area (Å²) in [6.07, 6.45) is 4.32. The number of aromatic nitrogens is 1. The van der Waals surface area contributed by atoms with Crippen LogP contribution in [0.1, 0.15) is 26.7 Å². The van der Waals surface area contributed by atoms with Gasteiger partial charge in [0.15, 0.2) is 0 Å². The van der Waals surface area contributed by atoms with Crippen LogP contribution in [-0.4, -0.2) is 25.2 Å². The molecule has 1 aromatic heterocycles. The largest absolute Gasteiger partial charge is 0.497 e. The molecule has 3 heteroatoms. The molecule has 1 fully saturated rings. The quantitative estimate of drug-likeness (QED) is 0.780. The van der Waals surface area contributed by atoms with Gasteiger partial charge in [0, 0.05) is 30.8 Å². The average Bonchev–Trinajstić information content (AvgIpc) is 2.29. The van der Waals surface area contributed by atoms with Gasteiger partial charge in [-0.2, -0.15) is 0 Å². The van der Waals surface area contributed by atoms with Crippen molar-refractivity contribution < 1.29 is 4.74 Å². The molecular weight excluding hydrogens is 200 g/mol. The fourth-order valence-corrected chi connectivity index (χ4v) is 2.32. The molecule has 0 bridgehead atoms. The predicted molar refractivity (Wildman–Crippen MR) is 66.0 cm³/mol. The van der Waals surface area contributed by atoms with Gasteiger partial charge >= 0.3 is 0 Å². The number of anilines is 1. The number of nitrogens with zero attached hydrogens (tertiary/aromatic N) is 2. The Morgan fingerprint density at radius 1 is 1.38 bits per heavy atom. The van der Waals surface area contributed by atoms with E-state index in [1.807, 2.05) is 18.3 Å². The lowest BCUT2D eigenvalue weighted by atomic mass is 9.75. The number of ether oxygens (including phenoxy) is 1. The van der Waals surface area contributed by atoms with E-state index in [9.17, 15) is 0 Å². The summed E-state index contributed by atoms with van der Waals surface area (Å²) < 4.78 is 5.21. The summed E-state index contributed by atoms with van der Waals surface area (Å²) in [7, 11) is 1.69. The second-order valence-electron chi connectivity index (χ2n) is 4.62. The van der Waals surface area contributed by atoms with E-state index in [0.29, 0.717) is 5.41 Å². The molecule has 0 N–H and O–H groups in total. The summed E-state index contributed by atoms with van der Waals surface area (Å²) in [6, 6.07) is 3.89. The van der Waals surface area contributed by atoms with Crippen molar-refractivity contribution in [3.05, 3.63) is 18.3 Å².